The normalized spacial score (nSPS) is 15.6. The molecule has 1 aromatic heterocycles. The van der Waals surface area contributed by atoms with E-state index in [1.54, 1.807) is 12.1 Å². The highest BCUT2D eigenvalue weighted by Gasteiger charge is 2.29. The number of oxazole rings is 1. The van der Waals surface area contributed by atoms with E-state index in [0.717, 1.165) is 24.2 Å². The highest BCUT2D eigenvalue weighted by molar-refractivity contribution is 6.34. The van der Waals surface area contributed by atoms with Gasteiger partial charge < -0.3 is 4.42 Å². The van der Waals surface area contributed by atoms with E-state index in [9.17, 15) is 4.79 Å². The molecule has 2 aromatic rings. The maximum absolute atomic E-state index is 11.3. The third-order valence-corrected chi connectivity index (χ3v) is 3.11. The summed E-state index contributed by atoms with van der Waals surface area (Å²) in [5.41, 5.74) is 1.88. The van der Waals surface area contributed by atoms with Crippen molar-refractivity contribution in [2.75, 3.05) is 0 Å². The fourth-order valence-corrected chi connectivity index (χ4v) is 2.03. The van der Waals surface area contributed by atoms with Gasteiger partial charge in [-0.05, 0) is 31.9 Å². The standard InChI is InChI=1S/C12H10ClNO2/c1-6(15)8-4-11-10(5-9(8)13)14-12(16-11)7-2-3-7/h4-5,7H,2-3H2,1H3. The van der Waals surface area contributed by atoms with Gasteiger partial charge in [-0.3, -0.25) is 4.79 Å². The molecule has 1 saturated carbocycles. The van der Waals surface area contributed by atoms with Gasteiger partial charge in [-0.25, -0.2) is 4.98 Å². The summed E-state index contributed by atoms with van der Waals surface area (Å²) >= 11 is 6.00. The molecule has 1 aliphatic rings. The summed E-state index contributed by atoms with van der Waals surface area (Å²) in [6, 6.07) is 3.38. The van der Waals surface area contributed by atoms with Gasteiger partial charge >= 0.3 is 0 Å². The van der Waals surface area contributed by atoms with E-state index in [2.05, 4.69) is 4.98 Å². The first-order valence-corrected chi connectivity index (χ1v) is 5.64. The number of halogens is 1. The molecule has 16 heavy (non-hydrogen) atoms. The maximum atomic E-state index is 11.3. The van der Waals surface area contributed by atoms with Crippen LogP contribution in [-0.4, -0.2) is 10.8 Å². The van der Waals surface area contributed by atoms with Gasteiger partial charge in [0.15, 0.2) is 17.3 Å². The van der Waals surface area contributed by atoms with Crippen molar-refractivity contribution in [2.45, 2.75) is 25.7 Å². The van der Waals surface area contributed by atoms with Crippen LogP contribution in [0, 0.1) is 0 Å². The predicted octanol–water partition coefficient (Wildman–Crippen LogP) is 3.56. The molecule has 0 atom stereocenters. The lowest BCUT2D eigenvalue weighted by molar-refractivity contribution is 0.101. The first-order valence-electron chi connectivity index (χ1n) is 5.26. The number of carbonyl (C=O) groups is 1. The number of carbonyl (C=O) groups excluding carboxylic acids is 1. The van der Waals surface area contributed by atoms with Crippen LogP contribution in [0.4, 0.5) is 0 Å². The summed E-state index contributed by atoms with van der Waals surface area (Å²) in [7, 11) is 0. The number of Topliss-reactive ketones (excluding diaryl/α,β-unsaturated/α-hetero) is 1. The summed E-state index contributed by atoms with van der Waals surface area (Å²) in [5, 5.41) is 0.440. The summed E-state index contributed by atoms with van der Waals surface area (Å²) < 4.78 is 5.62. The fourth-order valence-electron chi connectivity index (χ4n) is 1.74. The third-order valence-electron chi connectivity index (χ3n) is 2.80. The zero-order valence-corrected chi connectivity index (χ0v) is 9.54. The fraction of sp³-hybridized carbons (Fsp3) is 0.333. The molecule has 0 spiro atoms. The quantitative estimate of drug-likeness (QED) is 0.748. The van der Waals surface area contributed by atoms with Gasteiger partial charge in [0.05, 0.1) is 5.02 Å². The van der Waals surface area contributed by atoms with Gasteiger partial charge in [0.2, 0.25) is 0 Å². The van der Waals surface area contributed by atoms with Crippen molar-refractivity contribution in [3.8, 4) is 0 Å². The van der Waals surface area contributed by atoms with Gasteiger partial charge in [0.25, 0.3) is 0 Å². The number of hydrogen-bond acceptors (Lipinski definition) is 3. The lowest BCUT2D eigenvalue weighted by Gasteiger charge is -1.97. The van der Waals surface area contributed by atoms with E-state index >= 15 is 0 Å². The van der Waals surface area contributed by atoms with Crippen molar-refractivity contribution < 1.29 is 9.21 Å². The number of ketones is 1. The van der Waals surface area contributed by atoms with E-state index in [1.807, 2.05) is 0 Å². The number of hydrogen-bond donors (Lipinski definition) is 0. The Balaban J connectivity index is 2.19. The Kier molecular flexibility index (Phi) is 2.04. The van der Waals surface area contributed by atoms with Crippen LogP contribution in [0.1, 0.15) is 41.9 Å². The molecule has 82 valence electrons. The summed E-state index contributed by atoms with van der Waals surface area (Å²) in [6.45, 7) is 1.49. The molecule has 1 aliphatic carbocycles. The summed E-state index contributed by atoms with van der Waals surface area (Å²) in [4.78, 5) is 15.7. The largest absolute Gasteiger partial charge is 0.440 e. The van der Waals surface area contributed by atoms with Crippen molar-refractivity contribution >= 4 is 28.5 Å². The lowest BCUT2D eigenvalue weighted by atomic mass is 10.1. The van der Waals surface area contributed by atoms with Crippen LogP contribution in [0.15, 0.2) is 16.5 Å². The Morgan fingerprint density at radius 2 is 2.25 bits per heavy atom. The van der Waals surface area contributed by atoms with Crippen LogP contribution < -0.4 is 0 Å². The Labute approximate surface area is 97.4 Å². The van der Waals surface area contributed by atoms with Crippen molar-refractivity contribution in [1.29, 1.82) is 0 Å². The van der Waals surface area contributed by atoms with Crippen LogP contribution in [0.25, 0.3) is 11.1 Å². The van der Waals surface area contributed by atoms with E-state index in [1.165, 1.54) is 6.92 Å². The second-order valence-corrected chi connectivity index (χ2v) is 4.59. The van der Waals surface area contributed by atoms with Gasteiger partial charge in [-0.1, -0.05) is 11.6 Å². The van der Waals surface area contributed by atoms with Crippen LogP contribution in [0.5, 0.6) is 0 Å². The molecule has 1 heterocycles. The Morgan fingerprint density at radius 1 is 1.50 bits per heavy atom. The Hall–Kier alpha value is -1.35. The molecule has 0 N–H and O–H groups in total. The molecular weight excluding hydrogens is 226 g/mol. The molecule has 0 bridgehead atoms. The molecule has 1 aromatic carbocycles. The number of aromatic nitrogens is 1. The van der Waals surface area contributed by atoms with Gasteiger partial charge in [-0.2, -0.15) is 0 Å². The average molecular weight is 236 g/mol. The molecule has 3 nitrogen and oxygen atoms in total. The highest BCUT2D eigenvalue weighted by atomic mass is 35.5. The first kappa shape index (κ1) is 9.85. The molecular formula is C12H10ClNO2. The van der Waals surface area contributed by atoms with E-state index in [4.69, 9.17) is 16.0 Å². The molecule has 0 unspecified atom stereocenters. The number of fused-ring (bicyclic) bond motifs is 1. The summed E-state index contributed by atoms with van der Waals surface area (Å²) in [6.07, 6.45) is 2.28. The highest BCUT2D eigenvalue weighted by Crippen LogP contribution is 2.41. The zero-order chi connectivity index (χ0) is 11.3. The molecule has 0 saturated heterocycles. The minimum atomic E-state index is -0.0590. The van der Waals surface area contributed by atoms with Crippen molar-refractivity contribution in [1.82, 2.24) is 4.98 Å². The van der Waals surface area contributed by atoms with Gasteiger partial charge in [0, 0.05) is 11.5 Å². The van der Waals surface area contributed by atoms with Crippen LogP contribution in [-0.2, 0) is 0 Å². The maximum Gasteiger partial charge on any atom is 0.198 e. The van der Waals surface area contributed by atoms with Gasteiger partial charge in [0.1, 0.15) is 5.52 Å². The monoisotopic (exact) mass is 235 g/mol. The van der Waals surface area contributed by atoms with Crippen molar-refractivity contribution in [3.63, 3.8) is 0 Å². The Bertz CT molecular complexity index is 584. The van der Waals surface area contributed by atoms with E-state index in [0.29, 0.717) is 22.1 Å². The first-order chi connectivity index (χ1) is 7.65. The summed E-state index contributed by atoms with van der Waals surface area (Å²) in [5.74, 6) is 1.18. The molecule has 1 fully saturated rings. The van der Waals surface area contributed by atoms with Gasteiger partial charge in [-0.15, -0.1) is 0 Å². The zero-order valence-electron chi connectivity index (χ0n) is 8.79. The predicted molar refractivity (Wildman–Crippen MR) is 61.0 cm³/mol. The van der Waals surface area contributed by atoms with Crippen LogP contribution in [0.3, 0.4) is 0 Å². The molecule has 0 radical (unpaired) electrons. The smallest absolute Gasteiger partial charge is 0.198 e. The number of rotatable bonds is 2. The van der Waals surface area contributed by atoms with Crippen LogP contribution in [0.2, 0.25) is 5.02 Å². The van der Waals surface area contributed by atoms with E-state index in [-0.39, 0.29) is 5.78 Å². The second kappa shape index (κ2) is 3.32. The second-order valence-electron chi connectivity index (χ2n) is 4.18. The topological polar surface area (TPSA) is 43.1 Å². The lowest BCUT2D eigenvalue weighted by Crippen LogP contribution is -1.92. The SMILES string of the molecule is CC(=O)c1cc2oc(C3CC3)nc2cc1Cl. The molecule has 4 heteroatoms. The molecule has 3 rings (SSSR count). The van der Waals surface area contributed by atoms with E-state index < -0.39 is 0 Å². The number of nitrogens with zero attached hydrogens (tertiary/aromatic N) is 1. The Morgan fingerprint density at radius 3 is 2.88 bits per heavy atom. The van der Waals surface area contributed by atoms with Crippen molar-refractivity contribution in [3.05, 3.63) is 28.6 Å². The third kappa shape index (κ3) is 1.52. The van der Waals surface area contributed by atoms with Crippen molar-refractivity contribution in [2.24, 2.45) is 0 Å². The van der Waals surface area contributed by atoms with Crippen LogP contribution >= 0.6 is 11.6 Å². The molecule has 0 amide bonds. The minimum absolute atomic E-state index is 0.0590. The minimum Gasteiger partial charge on any atom is -0.440 e. The molecule has 0 aliphatic heterocycles. The average Bonchev–Trinajstić information content (AvgIpc) is 2.98. The number of benzene rings is 1.